The summed E-state index contributed by atoms with van der Waals surface area (Å²) in [5, 5.41) is 1.92. The third-order valence-electron chi connectivity index (χ3n) is 5.54. The van der Waals surface area contributed by atoms with Gasteiger partial charge in [-0.15, -0.1) is 11.3 Å². The molecule has 0 radical (unpaired) electrons. The van der Waals surface area contributed by atoms with Gasteiger partial charge in [0, 0.05) is 26.2 Å². The Kier molecular flexibility index (Phi) is 5.09. The third kappa shape index (κ3) is 3.56. The lowest BCUT2D eigenvalue weighted by Gasteiger charge is -2.34. The molecule has 1 aromatic carbocycles. The van der Waals surface area contributed by atoms with Gasteiger partial charge in [-0.2, -0.15) is 4.31 Å². The number of hydrogen-bond acceptors (Lipinski definition) is 4. The van der Waals surface area contributed by atoms with E-state index in [1.165, 1.54) is 33.2 Å². The van der Waals surface area contributed by atoms with E-state index < -0.39 is 10.0 Å². The minimum atomic E-state index is -3.51. The standard InChI is InChI=1S/C20H24N2O3S2/c1-15-8-13-26-19(15)20(23)21-9-11-22(12-10-21)27(24,25)18-7-6-16-4-2-3-5-17(16)14-18/h6-8,13-14H,2-5,9-12H2,1H3. The van der Waals surface area contributed by atoms with E-state index in [0.717, 1.165) is 29.7 Å². The molecule has 0 bridgehead atoms. The summed E-state index contributed by atoms with van der Waals surface area (Å²) in [6, 6.07) is 7.51. The smallest absolute Gasteiger partial charge is 0.264 e. The van der Waals surface area contributed by atoms with E-state index in [0.29, 0.717) is 31.1 Å². The largest absolute Gasteiger partial charge is 0.335 e. The second-order valence-corrected chi connectivity index (χ2v) is 10.1. The molecule has 0 atom stereocenters. The van der Waals surface area contributed by atoms with Crippen LogP contribution in [0.3, 0.4) is 0 Å². The van der Waals surface area contributed by atoms with Crippen molar-refractivity contribution in [3.8, 4) is 0 Å². The molecule has 5 nitrogen and oxygen atoms in total. The van der Waals surface area contributed by atoms with Crippen LogP contribution in [0.4, 0.5) is 0 Å². The zero-order chi connectivity index (χ0) is 19.0. The zero-order valence-electron chi connectivity index (χ0n) is 15.5. The fourth-order valence-corrected chi connectivity index (χ4v) is 6.25. The van der Waals surface area contributed by atoms with Crippen LogP contribution in [0.5, 0.6) is 0 Å². The number of hydrogen-bond donors (Lipinski definition) is 0. The molecule has 1 aliphatic heterocycles. The molecule has 144 valence electrons. The fourth-order valence-electron chi connectivity index (χ4n) is 3.89. The van der Waals surface area contributed by atoms with E-state index >= 15 is 0 Å². The van der Waals surface area contributed by atoms with Gasteiger partial charge in [-0.3, -0.25) is 4.79 Å². The molecule has 1 fully saturated rings. The molecule has 1 saturated heterocycles. The van der Waals surface area contributed by atoms with Crippen LogP contribution in [0.2, 0.25) is 0 Å². The van der Waals surface area contributed by atoms with Gasteiger partial charge >= 0.3 is 0 Å². The summed E-state index contributed by atoms with van der Waals surface area (Å²) in [7, 11) is -3.51. The van der Waals surface area contributed by atoms with Crippen molar-refractivity contribution in [2.24, 2.45) is 0 Å². The normalized spacial score (nSPS) is 18.3. The van der Waals surface area contributed by atoms with E-state index in [1.54, 1.807) is 11.0 Å². The molecule has 0 saturated carbocycles. The molecule has 2 aromatic rings. The van der Waals surface area contributed by atoms with Gasteiger partial charge in [0.2, 0.25) is 10.0 Å². The SMILES string of the molecule is Cc1ccsc1C(=O)N1CCN(S(=O)(=O)c2ccc3c(c2)CCCC3)CC1. The van der Waals surface area contributed by atoms with E-state index in [-0.39, 0.29) is 5.91 Å². The number of fused-ring (bicyclic) bond motifs is 1. The van der Waals surface area contributed by atoms with Gasteiger partial charge in [-0.25, -0.2) is 8.42 Å². The van der Waals surface area contributed by atoms with Crippen LogP contribution in [0.15, 0.2) is 34.5 Å². The first-order valence-electron chi connectivity index (χ1n) is 9.42. The second-order valence-electron chi connectivity index (χ2n) is 7.27. The Morgan fingerprint density at radius 1 is 1.00 bits per heavy atom. The third-order valence-corrected chi connectivity index (χ3v) is 8.44. The van der Waals surface area contributed by atoms with Crippen LogP contribution >= 0.6 is 11.3 Å². The van der Waals surface area contributed by atoms with Gasteiger partial charge < -0.3 is 4.90 Å². The van der Waals surface area contributed by atoms with Crippen LogP contribution in [0, 0.1) is 6.92 Å². The van der Waals surface area contributed by atoms with Crippen molar-refractivity contribution in [2.45, 2.75) is 37.5 Å². The molecule has 1 aliphatic carbocycles. The summed E-state index contributed by atoms with van der Waals surface area (Å²) >= 11 is 1.44. The van der Waals surface area contributed by atoms with Gasteiger partial charge in [0.15, 0.2) is 0 Å². The lowest BCUT2D eigenvalue weighted by Crippen LogP contribution is -2.50. The Morgan fingerprint density at radius 2 is 1.70 bits per heavy atom. The van der Waals surface area contributed by atoms with Gasteiger partial charge in [0.1, 0.15) is 0 Å². The first-order valence-corrected chi connectivity index (χ1v) is 11.7. The Balaban J connectivity index is 1.47. The van der Waals surface area contributed by atoms with Gasteiger partial charge in [-0.1, -0.05) is 6.07 Å². The maximum absolute atomic E-state index is 13.1. The molecule has 4 rings (SSSR count). The van der Waals surface area contributed by atoms with Gasteiger partial charge in [0.25, 0.3) is 5.91 Å². The van der Waals surface area contributed by atoms with Gasteiger partial charge in [-0.05, 0) is 72.9 Å². The number of amides is 1. The number of nitrogens with zero attached hydrogens (tertiary/aromatic N) is 2. The lowest BCUT2D eigenvalue weighted by atomic mass is 9.92. The molecule has 2 heterocycles. The highest BCUT2D eigenvalue weighted by molar-refractivity contribution is 7.89. The summed E-state index contributed by atoms with van der Waals surface area (Å²) in [5.74, 6) is 0.00771. The molecule has 0 N–H and O–H groups in total. The molecular formula is C20H24N2O3S2. The number of carbonyl (C=O) groups excluding carboxylic acids is 1. The summed E-state index contributed by atoms with van der Waals surface area (Å²) in [6.45, 7) is 3.48. The van der Waals surface area contributed by atoms with Crippen molar-refractivity contribution < 1.29 is 13.2 Å². The van der Waals surface area contributed by atoms with Gasteiger partial charge in [0.05, 0.1) is 9.77 Å². The highest BCUT2D eigenvalue weighted by Crippen LogP contribution is 2.26. The molecule has 1 amide bonds. The summed E-state index contributed by atoms with van der Waals surface area (Å²) < 4.78 is 27.6. The van der Waals surface area contributed by atoms with E-state index in [2.05, 4.69) is 0 Å². The maximum atomic E-state index is 13.1. The predicted octanol–water partition coefficient (Wildman–Crippen LogP) is 3.08. The van der Waals surface area contributed by atoms with Crippen LogP contribution in [0.1, 0.15) is 39.2 Å². The lowest BCUT2D eigenvalue weighted by molar-refractivity contribution is 0.0702. The highest BCUT2D eigenvalue weighted by Gasteiger charge is 2.31. The second kappa shape index (κ2) is 7.37. The Bertz CT molecular complexity index is 957. The van der Waals surface area contributed by atoms with E-state index in [4.69, 9.17) is 0 Å². The van der Waals surface area contributed by atoms with Crippen LogP contribution in [-0.2, 0) is 22.9 Å². The Morgan fingerprint density at radius 3 is 2.37 bits per heavy atom. The first-order chi connectivity index (χ1) is 13.0. The van der Waals surface area contributed by atoms with E-state index in [9.17, 15) is 13.2 Å². The minimum absolute atomic E-state index is 0.00771. The Hall–Kier alpha value is -1.70. The Labute approximate surface area is 164 Å². The van der Waals surface area contributed by atoms with Crippen molar-refractivity contribution in [3.05, 3.63) is 51.2 Å². The zero-order valence-corrected chi connectivity index (χ0v) is 17.1. The maximum Gasteiger partial charge on any atom is 0.264 e. The summed E-state index contributed by atoms with van der Waals surface area (Å²) in [5.41, 5.74) is 3.43. The monoisotopic (exact) mass is 404 g/mol. The number of aryl methyl sites for hydroxylation is 3. The number of piperazine rings is 1. The topological polar surface area (TPSA) is 57.7 Å². The fraction of sp³-hybridized carbons (Fsp3) is 0.450. The molecule has 0 unspecified atom stereocenters. The average Bonchev–Trinajstić information content (AvgIpc) is 3.13. The molecular weight excluding hydrogens is 380 g/mol. The molecule has 27 heavy (non-hydrogen) atoms. The van der Waals surface area contributed by atoms with Crippen LogP contribution in [-0.4, -0.2) is 49.7 Å². The molecule has 2 aliphatic rings. The first kappa shape index (κ1) is 18.7. The minimum Gasteiger partial charge on any atom is -0.335 e. The number of benzene rings is 1. The predicted molar refractivity (Wildman–Crippen MR) is 107 cm³/mol. The quantitative estimate of drug-likeness (QED) is 0.790. The van der Waals surface area contributed by atoms with Crippen molar-refractivity contribution in [1.82, 2.24) is 9.21 Å². The average molecular weight is 405 g/mol. The molecule has 1 aromatic heterocycles. The van der Waals surface area contributed by atoms with Crippen molar-refractivity contribution >= 4 is 27.3 Å². The number of carbonyl (C=O) groups is 1. The number of thiophene rings is 1. The van der Waals surface area contributed by atoms with Crippen molar-refractivity contribution in [3.63, 3.8) is 0 Å². The highest BCUT2D eigenvalue weighted by atomic mass is 32.2. The summed E-state index contributed by atoms with van der Waals surface area (Å²) in [6.07, 6.45) is 4.30. The van der Waals surface area contributed by atoms with Crippen molar-refractivity contribution in [1.29, 1.82) is 0 Å². The number of sulfonamides is 1. The molecule has 0 spiro atoms. The molecule has 7 heteroatoms. The number of rotatable bonds is 3. The van der Waals surface area contributed by atoms with E-state index in [1.807, 2.05) is 30.5 Å². The van der Waals surface area contributed by atoms with Crippen molar-refractivity contribution in [2.75, 3.05) is 26.2 Å². The van der Waals surface area contributed by atoms with Crippen LogP contribution < -0.4 is 0 Å². The summed E-state index contributed by atoms with van der Waals surface area (Å²) in [4.78, 5) is 15.5. The van der Waals surface area contributed by atoms with Crippen LogP contribution in [0.25, 0.3) is 0 Å².